The van der Waals surface area contributed by atoms with Gasteiger partial charge in [0.2, 0.25) is 5.91 Å². The Morgan fingerprint density at radius 3 is 3.04 bits per heavy atom. The van der Waals surface area contributed by atoms with Gasteiger partial charge in [0.25, 0.3) is 5.56 Å². The SMILES string of the molecule is CCC1CC(CC(=O)N2CCCC2c2ccc(=O)[nH]n2)CCO1. The zero-order valence-electron chi connectivity index (χ0n) is 13.7. The van der Waals surface area contributed by atoms with Gasteiger partial charge in [-0.1, -0.05) is 6.92 Å². The highest BCUT2D eigenvalue weighted by Crippen LogP contribution is 2.33. The minimum Gasteiger partial charge on any atom is -0.378 e. The van der Waals surface area contributed by atoms with Crippen LogP contribution in [0.15, 0.2) is 16.9 Å². The molecule has 2 aliphatic rings. The molecule has 3 rings (SSSR count). The fourth-order valence-corrected chi connectivity index (χ4v) is 3.71. The number of nitrogens with one attached hydrogen (secondary N) is 1. The van der Waals surface area contributed by atoms with Crippen molar-refractivity contribution in [2.75, 3.05) is 13.2 Å². The molecule has 1 aromatic heterocycles. The molecule has 0 saturated carbocycles. The fourth-order valence-electron chi connectivity index (χ4n) is 3.71. The normalized spacial score (nSPS) is 28.0. The van der Waals surface area contributed by atoms with E-state index in [-0.39, 0.29) is 17.5 Å². The maximum absolute atomic E-state index is 12.7. The number of ether oxygens (including phenoxy) is 1. The number of carbonyl (C=O) groups is 1. The standard InChI is InChI=1S/C17H25N3O3/c1-2-13-10-12(7-9-23-13)11-17(22)20-8-3-4-15(20)14-5-6-16(21)19-18-14/h5-6,12-13,15H,2-4,7-11H2,1H3,(H,19,21). The summed E-state index contributed by atoms with van der Waals surface area (Å²) >= 11 is 0. The van der Waals surface area contributed by atoms with E-state index >= 15 is 0 Å². The van der Waals surface area contributed by atoms with Crippen molar-refractivity contribution in [3.05, 3.63) is 28.2 Å². The van der Waals surface area contributed by atoms with E-state index in [0.29, 0.717) is 18.4 Å². The highest BCUT2D eigenvalue weighted by Gasteiger charge is 2.33. The summed E-state index contributed by atoms with van der Waals surface area (Å²) < 4.78 is 5.70. The smallest absolute Gasteiger partial charge is 0.264 e. The van der Waals surface area contributed by atoms with Gasteiger partial charge in [-0.2, -0.15) is 5.10 Å². The van der Waals surface area contributed by atoms with Crippen molar-refractivity contribution in [2.24, 2.45) is 5.92 Å². The number of likely N-dealkylation sites (tertiary alicyclic amines) is 1. The molecule has 1 aromatic rings. The predicted octanol–water partition coefficient (Wildman–Crippen LogP) is 2.03. The van der Waals surface area contributed by atoms with Crippen LogP contribution in [-0.2, 0) is 9.53 Å². The van der Waals surface area contributed by atoms with Crippen molar-refractivity contribution in [3.63, 3.8) is 0 Å². The van der Waals surface area contributed by atoms with Gasteiger partial charge >= 0.3 is 0 Å². The quantitative estimate of drug-likeness (QED) is 0.921. The summed E-state index contributed by atoms with van der Waals surface area (Å²) in [5.41, 5.74) is 0.575. The molecule has 6 nitrogen and oxygen atoms in total. The first-order valence-electron chi connectivity index (χ1n) is 8.64. The summed E-state index contributed by atoms with van der Waals surface area (Å²) in [5, 5.41) is 6.58. The molecule has 0 aromatic carbocycles. The molecule has 0 radical (unpaired) electrons. The third-order valence-corrected chi connectivity index (χ3v) is 5.01. The number of aromatic nitrogens is 2. The van der Waals surface area contributed by atoms with Crippen LogP contribution >= 0.6 is 0 Å². The molecule has 3 unspecified atom stereocenters. The van der Waals surface area contributed by atoms with Crippen LogP contribution in [0, 0.1) is 5.92 Å². The van der Waals surface area contributed by atoms with Gasteiger partial charge in [-0.25, -0.2) is 5.10 Å². The van der Waals surface area contributed by atoms with E-state index < -0.39 is 0 Å². The summed E-state index contributed by atoms with van der Waals surface area (Å²) in [6, 6.07) is 3.21. The predicted molar refractivity (Wildman–Crippen MR) is 85.9 cm³/mol. The van der Waals surface area contributed by atoms with Gasteiger partial charge in [0.15, 0.2) is 0 Å². The highest BCUT2D eigenvalue weighted by atomic mass is 16.5. The van der Waals surface area contributed by atoms with Gasteiger partial charge in [0, 0.05) is 25.6 Å². The minimum atomic E-state index is -0.211. The van der Waals surface area contributed by atoms with Crippen LogP contribution in [0.4, 0.5) is 0 Å². The van der Waals surface area contributed by atoms with Gasteiger partial charge < -0.3 is 9.64 Å². The first-order chi connectivity index (χ1) is 11.2. The molecule has 2 fully saturated rings. The van der Waals surface area contributed by atoms with Crippen LogP contribution in [0.3, 0.4) is 0 Å². The Balaban J connectivity index is 1.64. The molecule has 0 aliphatic carbocycles. The Kier molecular flexibility index (Phi) is 5.10. The van der Waals surface area contributed by atoms with Crippen molar-refractivity contribution >= 4 is 5.91 Å². The van der Waals surface area contributed by atoms with Gasteiger partial charge in [-0.15, -0.1) is 0 Å². The molecular formula is C17H25N3O3. The Morgan fingerprint density at radius 2 is 2.30 bits per heavy atom. The van der Waals surface area contributed by atoms with Gasteiger partial charge in [-0.3, -0.25) is 9.59 Å². The number of rotatable bonds is 4. The number of amides is 1. The lowest BCUT2D eigenvalue weighted by Crippen LogP contribution is -2.35. The monoisotopic (exact) mass is 319 g/mol. The summed E-state index contributed by atoms with van der Waals surface area (Å²) in [5.74, 6) is 0.633. The second kappa shape index (κ2) is 7.25. The molecule has 126 valence electrons. The average molecular weight is 319 g/mol. The molecule has 23 heavy (non-hydrogen) atoms. The molecule has 3 atom stereocenters. The van der Waals surface area contributed by atoms with Crippen molar-refractivity contribution in [1.29, 1.82) is 0 Å². The first kappa shape index (κ1) is 16.2. The number of hydrogen-bond acceptors (Lipinski definition) is 4. The molecule has 1 amide bonds. The van der Waals surface area contributed by atoms with Crippen LogP contribution < -0.4 is 5.56 Å². The highest BCUT2D eigenvalue weighted by molar-refractivity contribution is 5.77. The fraction of sp³-hybridized carbons (Fsp3) is 0.706. The Morgan fingerprint density at radius 1 is 1.43 bits per heavy atom. The lowest BCUT2D eigenvalue weighted by molar-refractivity contribution is -0.134. The van der Waals surface area contributed by atoms with Crippen LogP contribution in [0.5, 0.6) is 0 Å². The summed E-state index contributed by atoms with van der Waals surface area (Å²) in [6.45, 7) is 3.68. The number of hydrogen-bond donors (Lipinski definition) is 1. The van der Waals surface area contributed by atoms with Gasteiger partial charge in [0.1, 0.15) is 0 Å². The van der Waals surface area contributed by atoms with E-state index in [1.807, 2.05) is 4.90 Å². The molecular weight excluding hydrogens is 294 g/mol. The number of carbonyl (C=O) groups excluding carboxylic acids is 1. The third-order valence-electron chi connectivity index (χ3n) is 5.01. The summed E-state index contributed by atoms with van der Waals surface area (Å²) in [6.07, 6.45) is 5.77. The molecule has 0 bridgehead atoms. The van der Waals surface area contributed by atoms with E-state index in [1.54, 1.807) is 6.07 Å². The van der Waals surface area contributed by atoms with Crippen molar-refractivity contribution < 1.29 is 9.53 Å². The molecule has 6 heteroatoms. The van der Waals surface area contributed by atoms with Crippen molar-refractivity contribution in [2.45, 2.75) is 57.6 Å². The summed E-state index contributed by atoms with van der Waals surface area (Å²) in [4.78, 5) is 25.8. The first-order valence-corrected chi connectivity index (χ1v) is 8.64. The van der Waals surface area contributed by atoms with E-state index in [1.165, 1.54) is 6.07 Å². The second-order valence-corrected chi connectivity index (χ2v) is 6.59. The van der Waals surface area contributed by atoms with Crippen molar-refractivity contribution in [3.8, 4) is 0 Å². The van der Waals surface area contributed by atoms with E-state index in [9.17, 15) is 9.59 Å². The molecule has 1 N–H and O–H groups in total. The van der Waals surface area contributed by atoms with Crippen LogP contribution in [0.25, 0.3) is 0 Å². The number of nitrogens with zero attached hydrogens (tertiary/aromatic N) is 2. The Labute approximate surface area is 136 Å². The van der Waals surface area contributed by atoms with Crippen LogP contribution in [0.2, 0.25) is 0 Å². The van der Waals surface area contributed by atoms with E-state index in [2.05, 4.69) is 17.1 Å². The average Bonchev–Trinajstić information content (AvgIpc) is 3.05. The summed E-state index contributed by atoms with van der Waals surface area (Å²) in [7, 11) is 0. The maximum atomic E-state index is 12.7. The van der Waals surface area contributed by atoms with E-state index in [0.717, 1.165) is 50.9 Å². The largest absolute Gasteiger partial charge is 0.378 e. The molecule has 0 spiro atoms. The number of H-pyrrole nitrogens is 1. The Hall–Kier alpha value is -1.69. The topological polar surface area (TPSA) is 75.3 Å². The number of aromatic amines is 1. The third kappa shape index (κ3) is 3.80. The van der Waals surface area contributed by atoms with Gasteiger partial charge in [-0.05, 0) is 44.1 Å². The second-order valence-electron chi connectivity index (χ2n) is 6.59. The van der Waals surface area contributed by atoms with Crippen LogP contribution in [0.1, 0.15) is 57.2 Å². The lowest BCUT2D eigenvalue weighted by Gasteiger charge is -2.31. The van der Waals surface area contributed by atoms with Gasteiger partial charge in [0.05, 0.1) is 17.8 Å². The zero-order valence-corrected chi connectivity index (χ0v) is 13.7. The van der Waals surface area contributed by atoms with Crippen LogP contribution in [-0.4, -0.2) is 40.3 Å². The maximum Gasteiger partial charge on any atom is 0.264 e. The lowest BCUT2D eigenvalue weighted by atomic mass is 9.91. The minimum absolute atomic E-state index is 0.00108. The zero-order chi connectivity index (χ0) is 16.2. The molecule has 2 saturated heterocycles. The molecule has 3 heterocycles. The van der Waals surface area contributed by atoms with E-state index in [4.69, 9.17) is 4.74 Å². The molecule has 2 aliphatic heterocycles. The van der Waals surface area contributed by atoms with Crippen molar-refractivity contribution in [1.82, 2.24) is 15.1 Å². The Bertz CT molecular complexity index is 580.